The third kappa shape index (κ3) is 5.65. The maximum atomic E-state index is 3.81. The van der Waals surface area contributed by atoms with Crippen molar-refractivity contribution >= 4 is 0 Å². The van der Waals surface area contributed by atoms with Crippen molar-refractivity contribution in [3.63, 3.8) is 0 Å². The quantitative estimate of drug-likeness (QED) is 0.534. The molecule has 0 aliphatic carbocycles. The zero-order valence-corrected chi connectivity index (χ0v) is 7.85. The Balaban J connectivity index is 4.08. The minimum absolute atomic E-state index is 1.11. The van der Waals surface area contributed by atoms with Crippen LogP contribution in [0.25, 0.3) is 0 Å². The Bertz CT molecular complexity index is 170. The summed E-state index contributed by atoms with van der Waals surface area (Å²) in [5.41, 5.74) is 2.51. The first-order valence-electron chi connectivity index (χ1n) is 4.23. The van der Waals surface area contributed by atoms with E-state index in [0.717, 1.165) is 18.4 Å². The van der Waals surface area contributed by atoms with Crippen LogP contribution in [-0.4, -0.2) is 0 Å². The Labute approximate surface area is 70.3 Å². The Morgan fingerprint density at radius 1 is 1.27 bits per heavy atom. The van der Waals surface area contributed by atoms with E-state index in [9.17, 15) is 0 Å². The Morgan fingerprint density at radius 2 is 1.91 bits per heavy atom. The third-order valence-electron chi connectivity index (χ3n) is 1.46. The van der Waals surface area contributed by atoms with Crippen molar-refractivity contribution in [3.8, 4) is 0 Å². The fourth-order valence-electron chi connectivity index (χ4n) is 0.842. The molecule has 62 valence electrons. The maximum Gasteiger partial charge on any atom is -0.0311 e. The molecule has 0 aliphatic heterocycles. The van der Waals surface area contributed by atoms with Crippen LogP contribution in [0.15, 0.2) is 36.0 Å². The molecule has 0 atom stereocenters. The van der Waals surface area contributed by atoms with Crippen molar-refractivity contribution in [2.45, 2.75) is 33.6 Å². The van der Waals surface area contributed by atoms with E-state index in [4.69, 9.17) is 0 Å². The van der Waals surface area contributed by atoms with Gasteiger partial charge in [-0.2, -0.15) is 0 Å². The predicted octanol–water partition coefficient (Wildman–Crippen LogP) is 3.87. The first-order valence-corrected chi connectivity index (χ1v) is 4.23. The molecule has 0 saturated heterocycles. The molecule has 0 fully saturated rings. The summed E-state index contributed by atoms with van der Waals surface area (Å²) in [6.07, 6.45) is 8.68. The van der Waals surface area contributed by atoms with Crippen molar-refractivity contribution in [2.75, 3.05) is 0 Å². The molecular formula is C11H18. The summed E-state index contributed by atoms with van der Waals surface area (Å²) < 4.78 is 0. The second-order valence-corrected chi connectivity index (χ2v) is 2.72. The Hall–Kier alpha value is -0.780. The zero-order valence-electron chi connectivity index (χ0n) is 7.85. The molecule has 0 aromatic heterocycles. The molecule has 0 aliphatic rings. The van der Waals surface area contributed by atoms with E-state index in [0.29, 0.717) is 0 Å². The van der Waals surface area contributed by atoms with Crippen molar-refractivity contribution in [1.29, 1.82) is 0 Å². The lowest BCUT2D eigenvalue weighted by Gasteiger charge is -1.94. The second-order valence-electron chi connectivity index (χ2n) is 2.72. The van der Waals surface area contributed by atoms with Crippen LogP contribution in [0.3, 0.4) is 0 Å². The van der Waals surface area contributed by atoms with Crippen LogP contribution in [0, 0.1) is 0 Å². The van der Waals surface area contributed by atoms with Gasteiger partial charge < -0.3 is 0 Å². The Morgan fingerprint density at radius 3 is 2.27 bits per heavy atom. The van der Waals surface area contributed by atoms with Gasteiger partial charge in [0.15, 0.2) is 0 Å². The van der Waals surface area contributed by atoms with Gasteiger partial charge in [-0.15, -0.1) is 0 Å². The topological polar surface area (TPSA) is 0 Å². The SMILES string of the molecule is C=C(C)C=CC(=CCC)CC. The highest BCUT2D eigenvalue weighted by Crippen LogP contribution is 2.05. The van der Waals surface area contributed by atoms with Crippen LogP contribution in [0.1, 0.15) is 33.6 Å². The van der Waals surface area contributed by atoms with Crippen molar-refractivity contribution in [2.24, 2.45) is 0 Å². The molecule has 0 heterocycles. The van der Waals surface area contributed by atoms with Gasteiger partial charge in [0, 0.05) is 0 Å². The van der Waals surface area contributed by atoms with Crippen LogP contribution >= 0.6 is 0 Å². The highest BCUT2D eigenvalue weighted by Gasteiger charge is 1.84. The predicted molar refractivity (Wildman–Crippen MR) is 52.6 cm³/mol. The molecule has 0 amide bonds. The highest BCUT2D eigenvalue weighted by molar-refractivity contribution is 5.24. The van der Waals surface area contributed by atoms with E-state index >= 15 is 0 Å². The average molecular weight is 150 g/mol. The molecule has 0 bridgehead atoms. The van der Waals surface area contributed by atoms with Crippen LogP contribution in [-0.2, 0) is 0 Å². The zero-order chi connectivity index (χ0) is 8.69. The summed E-state index contributed by atoms with van der Waals surface area (Å²) in [4.78, 5) is 0. The molecule has 0 nitrogen and oxygen atoms in total. The molecule has 0 aromatic rings. The molecule has 0 aromatic carbocycles. The van der Waals surface area contributed by atoms with E-state index < -0.39 is 0 Å². The van der Waals surface area contributed by atoms with E-state index in [1.807, 2.05) is 6.92 Å². The monoisotopic (exact) mass is 150 g/mol. The minimum atomic E-state index is 1.11. The number of hydrogen-bond acceptors (Lipinski definition) is 0. The van der Waals surface area contributed by atoms with Gasteiger partial charge in [-0.1, -0.05) is 49.8 Å². The molecule has 0 radical (unpaired) electrons. The molecule has 0 N–H and O–H groups in total. The van der Waals surface area contributed by atoms with E-state index in [-0.39, 0.29) is 0 Å². The smallest absolute Gasteiger partial charge is 0.0311 e. The van der Waals surface area contributed by atoms with Gasteiger partial charge in [-0.3, -0.25) is 0 Å². The number of hydrogen-bond donors (Lipinski definition) is 0. The van der Waals surface area contributed by atoms with Crippen LogP contribution in [0.5, 0.6) is 0 Å². The summed E-state index contributed by atoms with van der Waals surface area (Å²) >= 11 is 0. The minimum Gasteiger partial charge on any atom is -0.0961 e. The number of allylic oxidation sites excluding steroid dienone is 5. The molecule has 11 heavy (non-hydrogen) atoms. The Kier molecular flexibility index (Phi) is 5.54. The van der Waals surface area contributed by atoms with Gasteiger partial charge in [0.2, 0.25) is 0 Å². The van der Waals surface area contributed by atoms with E-state index in [2.05, 4.69) is 38.7 Å². The first kappa shape index (κ1) is 10.2. The second kappa shape index (κ2) is 5.96. The standard InChI is InChI=1S/C11H18/c1-5-7-11(6-2)9-8-10(3)4/h7-9H,3,5-6H2,1-2,4H3. The summed E-state index contributed by atoms with van der Waals surface area (Å²) in [6, 6.07) is 0. The lowest BCUT2D eigenvalue weighted by Crippen LogP contribution is -1.74. The van der Waals surface area contributed by atoms with Crippen molar-refractivity contribution in [1.82, 2.24) is 0 Å². The summed E-state index contributed by atoms with van der Waals surface area (Å²) in [6.45, 7) is 10.1. The molecule has 0 saturated carbocycles. The molecule has 0 heteroatoms. The fraction of sp³-hybridized carbons (Fsp3) is 0.455. The van der Waals surface area contributed by atoms with Crippen LogP contribution < -0.4 is 0 Å². The molecule has 0 unspecified atom stereocenters. The molecule has 0 spiro atoms. The van der Waals surface area contributed by atoms with Gasteiger partial charge in [-0.25, -0.2) is 0 Å². The van der Waals surface area contributed by atoms with Crippen molar-refractivity contribution < 1.29 is 0 Å². The fourth-order valence-corrected chi connectivity index (χ4v) is 0.842. The van der Waals surface area contributed by atoms with Crippen LogP contribution in [0.4, 0.5) is 0 Å². The summed E-state index contributed by atoms with van der Waals surface area (Å²) in [7, 11) is 0. The highest BCUT2D eigenvalue weighted by atomic mass is 13.9. The van der Waals surface area contributed by atoms with Gasteiger partial charge in [-0.05, 0) is 19.8 Å². The lowest BCUT2D eigenvalue weighted by molar-refractivity contribution is 1.10. The van der Waals surface area contributed by atoms with Gasteiger partial charge in [0.25, 0.3) is 0 Å². The van der Waals surface area contributed by atoms with E-state index in [1.165, 1.54) is 5.57 Å². The van der Waals surface area contributed by atoms with Crippen LogP contribution in [0.2, 0.25) is 0 Å². The lowest BCUT2D eigenvalue weighted by atomic mass is 10.1. The first-order chi connectivity index (χ1) is 5.20. The van der Waals surface area contributed by atoms with Crippen molar-refractivity contribution in [3.05, 3.63) is 36.0 Å². The normalized spacial score (nSPS) is 12.5. The third-order valence-corrected chi connectivity index (χ3v) is 1.46. The van der Waals surface area contributed by atoms with Gasteiger partial charge in [0.05, 0.1) is 0 Å². The average Bonchev–Trinajstić information content (AvgIpc) is 1.97. The van der Waals surface area contributed by atoms with E-state index in [1.54, 1.807) is 0 Å². The maximum absolute atomic E-state index is 3.81. The summed E-state index contributed by atoms with van der Waals surface area (Å²) in [5.74, 6) is 0. The molecular weight excluding hydrogens is 132 g/mol. The number of rotatable bonds is 4. The van der Waals surface area contributed by atoms with Gasteiger partial charge in [0.1, 0.15) is 0 Å². The molecule has 0 rings (SSSR count). The van der Waals surface area contributed by atoms with Gasteiger partial charge >= 0.3 is 0 Å². The largest absolute Gasteiger partial charge is 0.0961 e. The summed E-state index contributed by atoms with van der Waals surface area (Å²) in [5, 5.41) is 0.